The van der Waals surface area contributed by atoms with Gasteiger partial charge in [0, 0.05) is 5.38 Å². The molecule has 2 amide bonds. The normalized spacial score (nSPS) is 13.5. The third-order valence-corrected chi connectivity index (χ3v) is 3.76. The van der Waals surface area contributed by atoms with E-state index in [4.69, 9.17) is 4.84 Å². The van der Waals surface area contributed by atoms with Crippen LogP contribution in [0.2, 0.25) is 0 Å². The lowest BCUT2D eigenvalue weighted by Gasteiger charge is -2.11. The standard InChI is InChI=1S/C14H10N2O4S/c1-8-15-9(7-21-8)6-12(17)20-16-13(18)10-4-2-3-5-11(10)14(16)19/h2-5,7H,6H2,1H3. The summed E-state index contributed by atoms with van der Waals surface area (Å²) >= 11 is 1.41. The molecular weight excluding hydrogens is 292 g/mol. The Labute approximate surface area is 123 Å². The van der Waals surface area contributed by atoms with E-state index in [0.29, 0.717) is 10.8 Å². The second-order valence-electron chi connectivity index (χ2n) is 4.45. The summed E-state index contributed by atoms with van der Waals surface area (Å²) in [6.45, 7) is 1.82. The summed E-state index contributed by atoms with van der Waals surface area (Å²) in [5.74, 6) is -1.95. The summed E-state index contributed by atoms with van der Waals surface area (Å²) in [6.07, 6.45) is -0.0856. The van der Waals surface area contributed by atoms with Gasteiger partial charge < -0.3 is 4.84 Å². The molecule has 21 heavy (non-hydrogen) atoms. The summed E-state index contributed by atoms with van der Waals surface area (Å²) in [6, 6.07) is 6.33. The van der Waals surface area contributed by atoms with E-state index < -0.39 is 17.8 Å². The fourth-order valence-electron chi connectivity index (χ4n) is 2.02. The molecule has 0 fully saturated rings. The molecule has 0 bridgehead atoms. The number of aryl methyl sites for hydroxylation is 1. The van der Waals surface area contributed by atoms with E-state index in [1.165, 1.54) is 23.5 Å². The first-order valence-corrected chi connectivity index (χ1v) is 7.04. The SMILES string of the molecule is Cc1nc(CC(=O)ON2C(=O)c3ccccc3C2=O)cs1. The minimum absolute atomic E-state index is 0.0856. The minimum Gasteiger partial charge on any atom is -0.329 e. The number of benzene rings is 1. The average Bonchev–Trinajstić information content (AvgIpc) is 2.97. The molecule has 0 aliphatic carbocycles. The Morgan fingerprint density at radius 1 is 1.24 bits per heavy atom. The van der Waals surface area contributed by atoms with Crippen LogP contribution < -0.4 is 0 Å². The van der Waals surface area contributed by atoms with Gasteiger partial charge in [0.05, 0.1) is 28.2 Å². The molecule has 0 N–H and O–H groups in total. The smallest absolute Gasteiger partial charge is 0.329 e. The van der Waals surface area contributed by atoms with Crippen LogP contribution in [-0.2, 0) is 16.1 Å². The van der Waals surface area contributed by atoms with E-state index in [2.05, 4.69) is 4.98 Å². The van der Waals surface area contributed by atoms with Crippen molar-refractivity contribution in [1.82, 2.24) is 10.0 Å². The summed E-state index contributed by atoms with van der Waals surface area (Å²) in [7, 11) is 0. The van der Waals surface area contributed by atoms with Crippen LogP contribution in [0.5, 0.6) is 0 Å². The molecule has 1 aromatic carbocycles. The van der Waals surface area contributed by atoms with E-state index in [0.717, 1.165) is 5.01 Å². The largest absolute Gasteiger partial charge is 0.339 e. The van der Waals surface area contributed by atoms with Gasteiger partial charge in [0.2, 0.25) is 0 Å². The van der Waals surface area contributed by atoms with Crippen LogP contribution >= 0.6 is 11.3 Å². The van der Waals surface area contributed by atoms with Gasteiger partial charge >= 0.3 is 5.97 Å². The number of aromatic nitrogens is 1. The molecule has 2 aromatic rings. The fraction of sp³-hybridized carbons (Fsp3) is 0.143. The minimum atomic E-state index is -0.699. The lowest BCUT2D eigenvalue weighted by Crippen LogP contribution is -2.33. The third-order valence-electron chi connectivity index (χ3n) is 2.94. The summed E-state index contributed by atoms with van der Waals surface area (Å²) in [5.41, 5.74) is 1.03. The third kappa shape index (κ3) is 2.43. The molecule has 1 aliphatic heterocycles. The molecule has 3 rings (SSSR count). The van der Waals surface area contributed by atoms with Crippen molar-refractivity contribution < 1.29 is 19.2 Å². The van der Waals surface area contributed by atoms with Crippen LogP contribution in [0, 0.1) is 6.92 Å². The molecule has 7 heteroatoms. The highest BCUT2D eigenvalue weighted by atomic mass is 32.1. The molecule has 106 valence electrons. The van der Waals surface area contributed by atoms with Gasteiger partial charge in [-0.3, -0.25) is 9.59 Å². The average molecular weight is 302 g/mol. The lowest BCUT2D eigenvalue weighted by molar-refractivity contribution is -0.167. The van der Waals surface area contributed by atoms with E-state index in [1.54, 1.807) is 17.5 Å². The van der Waals surface area contributed by atoms with E-state index in [-0.39, 0.29) is 17.5 Å². The number of hydrogen-bond acceptors (Lipinski definition) is 6. The molecule has 0 atom stereocenters. The maximum atomic E-state index is 12.0. The highest BCUT2D eigenvalue weighted by Crippen LogP contribution is 2.23. The van der Waals surface area contributed by atoms with Crippen molar-refractivity contribution in [3.8, 4) is 0 Å². The monoisotopic (exact) mass is 302 g/mol. The molecule has 0 saturated carbocycles. The Bertz CT molecular complexity index is 718. The number of thiazole rings is 1. The zero-order valence-corrected chi connectivity index (χ0v) is 11.8. The maximum Gasteiger partial charge on any atom is 0.339 e. The van der Waals surface area contributed by atoms with Gasteiger partial charge in [-0.25, -0.2) is 9.78 Å². The van der Waals surface area contributed by atoms with Gasteiger partial charge in [-0.2, -0.15) is 0 Å². The number of hydroxylamine groups is 2. The number of carbonyl (C=O) groups is 3. The van der Waals surface area contributed by atoms with Crippen LogP contribution in [-0.4, -0.2) is 27.8 Å². The summed E-state index contributed by atoms with van der Waals surface area (Å²) in [5, 5.41) is 3.07. The zero-order chi connectivity index (χ0) is 15.0. The molecule has 0 radical (unpaired) electrons. The number of amides is 2. The quantitative estimate of drug-likeness (QED) is 0.807. The van der Waals surface area contributed by atoms with Gasteiger partial charge in [0.1, 0.15) is 0 Å². The van der Waals surface area contributed by atoms with E-state index in [1.807, 2.05) is 6.92 Å². The molecule has 1 aromatic heterocycles. The Morgan fingerprint density at radius 3 is 2.38 bits per heavy atom. The van der Waals surface area contributed by atoms with Crippen molar-refractivity contribution in [2.24, 2.45) is 0 Å². The molecule has 0 unspecified atom stereocenters. The first-order chi connectivity index (χ1) is 10.1. The number of nitrogens with zero attached hydrogens (tertiary/aromatic N) is 2. The number of carbonyl (C=O) groups excluding carboxylic acids is 3. The Kier molecular flexibility index (Phi) is 3.26. The van der Waals surface area contributed by atoms with Crippen LogP contribution in [0.15, 0.2) is 29.6 Å². The van der Waals surface area contributed by atoms with Crippen LogP contribution in [0.1, 0.15) is 31.4 Å². The first kappa shape index (κ1) is 13.4. The Balaban J connectivity index is 1.73. The highest BCUT2D eigenvalue weighted by Gasteiger charge is 2.38. The van der Waals surface area contributed by atoms with E-state index >= 15 is 0 Å². The number of rotatable bonds is 3. The van der Waals surface area contributed by atoms with Gasteiger partial charge in [-0.1, -0.05) is 17.2 Å². The van der Waals surface area contributed by atoms with Crippen molar-refractivity contribution in [3.63, 3.8) is 0 Å². The van der Waals surface area contributed by atoms with Crippen molar-refractivity contribution in [2.75, 3.05) is 0 Å². The van der Waals surface area contributed by atoms with Crippen molar-refractivity contribution in [3.05, 3.63) is 51.5 Å². The lowest BCUT2D eigenvalue weighted by atomic mass is 10.1. The van der Waals surface area contributed by atoms with Gasteiger partial charge in [-0.15, -0.1) is 11.3 Å². The Hall–Kier alpha value is -2.54. The van der Waals surface area contributed by atoms with Crippen molar-refractivity contribution in [2.45, 2.75) is 13.3 Å². The molecule has 0 spiro atoms. The Morgan fingerprint density at radius 2 is 1.86 bits per heavy atom. The van der Waals surface area contributed by atoms with Crippen LogP contribution in [0.4, 0.5) is 0 Å². The molecule has 6 nitrogen and oxygen atoms in total. The second kappa shape index (κ2) is 5.10. The molecular formula is C14H10N2O4S. The van der Waals surface area contributed by atoms with Gasteiger partial charge in [0.15, 0.2) is 0 Å². The predicted molar refractivity (Wildman–Crippen MR) is 73.6 cm³/mol. The van der Waals surface area contributed by atoms with Crippen LogP contribution in [0.25, 0.3) is 0 Å². The number of hydrogen-bond donors (Lipinski definition) is 0. The van der Waals surface area contributed by atoms with Gasteiger partial charge in [0.25, 0.3) is 11.8 Å². The van der Waals surface area contributed by atoms with Crippen molar-refractivity contribution >= 4 is 29.1 Å². The molecule has 2 heterocycles. The first-order valence-electron chi connectivity index (χ1n) is 6.16. The molecule has 0 saturated heterocycles. The topological polar surface area (TPSA) is 76.6 Å². The summed E-state index contributed by atoms with van der Waals surface area (Å²) in [4.78, 5) is 44.9. The summed E-state index contributed by atoms with van der Waals surface area (Å²) < 4.78 is 0. The van der Waals surface area contributed by atoms with Crippen molar-refractivity contribution in [1.29, 1.82) is 0 Å². The number of imide groups is 1. The van der Waals surface area contributed by atoms with Gasteiger partial charge in [-0.05, 0) is 19.1 Å². The second-order valence-corrected chi connectivity index (χ2v) is 5.51. The van der Waals surface area contributed by atoms with Crippen LogP contribution in [0.3, 0.4) is 0 Å². The highest BCUT2D eigenvalue weighted by molar-refractivity contribution is 7.09. The predicted octanol–water partition coefficient (Wildman–Crippen LogP) is 1.75. The fourth-order valence-corrected chi connectivity index (χ4v) is 2.63. The van der Waals surface area contributed by atoms with E-state index in [9.17, 15) is 14.4 Å². The molecule has 1 aliphatic rings. The number of fused-ring (bicyclic) bond motifs is 1. The zero-order valence-electron chi connectivity index (χ0n) is 11.0. The maximum absolute atomic E-state index is 12.0.